The maximum Gasteiger partial charge on any atom is 0.196 e. The van der Waals surface area contributed by atoms with Gasteiger partial charge in [-0.3, -0.25) is 4.90 Å². The van der Waals surface area contributed by atoms with Crippen LogP contribution in [0.25, 0.3) is 0 Å². The highest BCUT2D eigenvalue weighted by atomic mass is 16.7. The molecule has 204 valence electrons. The van der Waals surface area contributed by atoms with Crippen molar-refractivity contribution < 1.29 is 40.5 Å². The summed E-state index contributed by atoms with van der Waals surface area (Å²) in [5, 5.41) is 81.4. The SMILES string of the molecule is C[C@H]1CC[C@@H]2N(CC3C4C[C@@]56O[C@@]7(O)C(C[C@@H](O)C5[C@]4(O)[C@@H](O)[C@H](O)C3[C@]2(C)O)[C@]6(C)CC[C@@H]7O)C1. The standard InChI is InChI=1S/C27H43NO8/c1-12-4-5-17-24(3,33)19-13(11-28(17)10-12)14-9-25-21(26(14,34)22(32)20(19)31)15(29)8-16-23(25,2)7-6-18(30)27(16,35)36-25/h12-22,29-35H,4-11H2,1-3H3/t12-,13?,14?,15+,16?,17-,18-,19?,20+,21?,22-,23-,24+,25+,26-,27-/m0/s1. The molecule has 1 spiro atoms. The lowest BCUT2D eigenvalue weighted by atomic mass is 9.49. The van der Waals surface area contributed by atoms with E-state index in [1.165, 1.54) is 0 Å². The molecule has 3 saturated heterocycles. The van der Waals surface area contributed by atoms with E-state index in [-0.39, 0.29) is 18.4 Å². The van der Waals surface area contributed by atoms with E-state index in [4.69, 9.17) is 4.74 Å². The Morgan fingerprint density at radius 2 is 1.67 bits per heavy atom. The number of ether oxygens (including phenoxy) is 1. The predicted molar refractivity (Wildman–Crippen MR) is 126 cm³/mol. The largest absolute Gasteiger partial charge is 0.393 e. The highest BCUT2D eigenvalue weighted by molar-refractivity contribution is 5.33. The van der Waals surface area contributed by atoms with Gasteiger partial charge in [-0.25, -0.2) is 0 Å². The van der Waals surface area contributed by atoms with Crippen molar-refractivity contribution in [1.82, 2.24) is 4.90 Å². The topological polar surface area (TPSA) is 154 Å². The van der Waals surface area contributed by atoms with Gasteiger partial charge in [0, 0.05) is 42.3 Å². The Morgan fingerprint density at radius 3 is 2.39 bits per heavy atom. The third-order valence-corrected chi connectivity index (χ3v) is 12.8. The van der Waals surface area contributed by atoms with Gasteiger partial charge < -0.3 is 40.5 Å². The van der Waals surface area contributed by atoms with Gasteiger partial charge in [-0.05, 0) is 63.2 Å². The molecule has 36 heavy (non-hydrogen) atoms. The van der Waals surface area contributed by atoms with Gasteiger partial charge >= 0.3 is 0 Å². The van der Waals surface area contributed by atoms with Gasteiger partial charge in [-0.2, -0.15) is 0 Å². The molecule has 3 heterocycles. The highest BCUT2D eigenvalue weighted by Gasteiger charge is 2.86. The van der Waals surface area contributed by atoms with Gasteiger partial charge in [0.2, 0.25) is 0 Å². The predicted octanol–water partition coefficient (Wildman–Crippen LogP) is -0.814. The second-order valence-corrected chi connectivity index (χ2v) is 14.2. The molecule has 7 rings (SSSR count). The van der Waals surface area contributed by atoms with Gasteiger partial charge in [-0.1, -0.05) is 13.8 Å². The maximum absolute atomic E-state index is 12.5. The fourth-order valence-corrected chi connectivity index (χ4v) is 11.4. The van der Waals surface area contributed by atoms with Gasteiger partial charge in [0.05, 0.1) is 23.4 Å². The molecular weight excluding hydrogens is 466 g/mol. The van der Waals surface area contributed by atoms with Crippen molar-refractivity contribution in [3.05, 3.63) is 0 Å². The van der Waals surface area contributed by atoms with Crippen LogP contribution < -0.4 is 0 Å². The minimum absolute atomic E-state index is 0.130. The van der Waals surface area contributed by atoms with Crippen LogP contribution in [-0.2, 0) is 4.74 Å². The zero-order valence-electron chi connectivity index (χ0n) is 21.5. The molecule has 9 nitrogen and oxygen atoms in total. The van der Waals surface area contributed by atoms with Crippen LogP contribution in [-0.4, -0.2) is 107 Å². The monoisotopic (exact) mass is 509 g/mol. The van der Waals surface area contributed by atoms with Gasteiger partial charge in [0.1, 0.15) is 17.8 Å². The lowest BCUT2D eigenvalue weighted by Crippen LogP contribution is -2.76. The van der Waals surface area contributed by atoms with Crippen LogP contribution in [0.4, 0.5) is 0 Å². The highest BCUT2D eigenvalue weighted by Crippen LogP contribution is 2.76. The summed E-state index contributed by atoms with van der Waals surface area (Å²) in [6, 6.07) is -0.130. The average molecular weight is 510 g/mol. The normalized spacial score (nSPS) is 68.0. The molecule has 4 saturated carbocycles. The minimum atomic E-state index is -1.85. The summed E-state index contributed by atoms with van der Waals surface area (Å²) in [7, 11) is 0. The molecule has 7 fully saturated rings. The Bertz CT molecular complexity index is 964. The second kappa shape index (κ2) is 7.04. The van der Waals surface area contributed by atoms with Crippen LogP contribution in [0.3, 0.4) is 0 Å². The first-order valence-corrected chi connectivity index (χ1v) is 14.1. The number of aliphatic hydroxyl groups excluding tert-OH is 4. The number of hydrogen-bond donors (Lipinski definition) is 7. The third kappa shape index (κ3) is 2.46. The van der Waals surface area contributed by atoms with E-state index in [0.29, 0.717) is 31.7 Å². The van der Waals surface area contributed by atoms with Crippen molar-refractivity contribution >= 4 is 0 Å². The zero-order valence-corrected chi connectivity index (χ0v) is 21.5. The Hall–Kier alpha value is -0.360. The second-order valence-electron chi connectivity index (χ2n) is 14.2. The number of hydrogen-bond acceptors (Lipinski definition) is 9. The van der Waals surface area contributed by atoms with Gasteiger partial charge in [-0.15, -0.1) is 0 Å². The molecule has 4 bridgehead atoms. The molecule has 5 unspecified atom stereocenters. The summed E-state index contributed by atoms with van der Waals surface area (Å²) in [4.78, 5) is 2.30. The summed E-state index contributed by atoms with van der Waals surface area (Å²) < 4.78 is 6.51. The Kier molecular flexibility index (Phi) is 4.82. The Morgan fingerprint density at radius 1 is 0.944 bits per heavy atom. The summed E-state index contributed by atoms with van der Waals surface area (Å²) in [5.41, 5.74) is -4.88. The van der Waals surface area contributed by atoms with E-state index in [0.717, 1.165) is 19.4 Å². The van der Waals surface area contributed by atoms with E-state index in [1.807, 2.05) is 6.92 Å². The molecule has 0 aromatic heterocycles. The van der Waals surface area contributed by atoms with Crippen molar-refractivity contribution in [3.8, 4) is 0 Å². The van der Waals surface area contributed by atoms with E-state index < -0.39 is 76.1 Å². The molecule has 7 aliphatic rings. The Labute approximate surface area is 212 Å². The smallest absolute Gasteiger partial charge is 0.196 e. The number of fused-ring (bicyclic) bond motifs is 5. The summed E-state index contributed by atoms with van der Waals surface area (Å²) >= 11 is 0. The first kappa shape index (κ1) is 24.7. The zero-order chi connectivity index (χ0) is 25.8. The summed E-state index contributed by atoms with van der Waals surface area (Å²) in [6.45, 7) is 7.40. The molecule has 0 aromatic rings. The molecule has 0 aromatic carbocycles. The van der Waals surface area contributed by atoms with Crippen molar-refractivity contribution in [2.45, 2.75) is 112 Å². The number of nitrogens with zero attached hydrogens (tertiary/aromatic N) is 1. The first-order valence-electron chi connectivity index (χ1n) is 14.1. The summed E-state index contributed by atoms with van der Waals surface area (Å²) in [6.07, 6.45) is -1.92. The van der Waals surface area contributed by atoms with E-state index in [9.17, 15) is 35.7 Å². The summed E-state index contributed by atoms with van der Waals surface area (Å²) in [5.74, 6) is -4.29. The molecule has 4 aliphatic carbocycles. The Balaban J connectivity index is 1.37. The van der Waals surface area contributed by atoms with Gasteiger partial charge in [0.25, 0.3) is 0 Å². The molecule has 3 aliphatic heterocycles. The number of aliphatic hydroxyl groups is 7. The van der Waals surface area contributed by atoms with Gasteiger partial charge in [0.15, 0.2) is 5.79 Å². The van der Waals surface area contributed by atoms with Crippen molar-refractivity contribution in [2.24, 2.45) is 40.9 Å². The molecule has 9 heteroatoms. The maximum atomic E-state index is 12.5. The average Bonchev–Trinajstić information content (AvgIpc) is 3.08. The number of rotatable bonds is 0. The first-order chi connectivity index (χ1) is 16.7. The fourth-order valence-electron chi connectivity index (χ4n) is 11.4. The number of piperidine rings is 2. The molecule has 16 atom stereocenters. The van der Waals surface area contributed by atoms with Crippen LogP contribution in [0.2, 0.25) is 0 Å². The quantitative estimate of drug-likeness (QED) is 0.222. The molecular formula is C27H43NO8. The van der Waals surface area contributed by atoms with Crippen LogP contribution in [0.1, 0.15) is 59.3 Å². The lowest BCUT2D eigenvalue weighted by Gasteiger charge is -2.63. The van der Waals surface area contributed by atoms with Crippen molar-refractivity contribution in [2.75, 3.05) is 13.1 Å². The molecule has 7 N–H and O–H groups in total. The molecule has 0 amide bonds. The van der Waals surface area contributed by atoms with E-state index in [1.54, 1.807) is 6.92 Å². The van der Waals surface area contributed by atoms with Crippen LogP contribution in [0.5, 0.6) is 0 Å². The van der Waals surface area contributed by atoms with Crippen molar-refractivity contribution in [3.63, 3.8) is 0 Å². The van der Waals surface area contributed by atoms with E-state index >= 15 is 0 Å². The van der Waals surface area contributed by atoms with Crippen LogP contribution >= 0.6 is 0 Å². The third-order valence-electron chi connectivity index (χ3n) is 12.8. The lowest BCUT2D eigenvalue weighted by molar-refractivity contribution is -0.295. The minimum Gasteiger partial charge on any atom is -0.393 e. The fraction of sp³-hybridized carbons (Fsp3) is 1.00. The molecule has 0 radical (unpaired) electrons. The van der Waals surface area contributed by atoms with Crippen LogP contribution in [0.15, 0.2) is 0 Å². The van der Waals surface area contributed by atoms with Crippen LogP contribution in [0, 0.1) is 40.9 Å². The van der Waals surface area contributed by atoms with Crippen molar-refractivity contribution in [1.29, 1.82) is 0 Å². The van der Waals surface area contributed by atoms with E-state index in [2.05, 4.69) is 11.8 Å².